The van der Waals surface area contributed by atoms with E-state index >= 15 is 0 Å². The zero-order valence-electron chi connectivity index (χ0n) is 9.51. The Balaban J connectivity index is 2.31. The highest BCUT2D eigenvalue weighted by atomic mass is 15.3. The molecular weight excluding hydrogens is 174 g/mol. The van der Waals surface area contributed by atoms with E-state index in [0.717, 1.165) is 12.5 Å². The molecule has 0 aromatic rings. The standard InChI is InChI=1S/C11H21N3/c1-10(2)6-4-5-7-11(10)8-13-9(12)14(11)3/h4-8H2,1-3H3,(H2,12,13). The first-order valence-electron chi connectivity index (χ1n) is 5.53. The largest absolute Gasteiger partial charge is 0.370 e. The van der Waals surface area contributed by atoms with Gasteiger partial charge in [0.2, 0.25) is 0 Å². The summed E-state index contributed by atoms with van der Waals surface area (Å²) in [4.78, 5) is 6.62. The first-order chi connectivity index (χ1) is 6.50. The van der Waals surface area contributed by atoms with Gasteiger partial charge in [-0.3, -0.25) is 4.99 Å². The van der Waals surface area contributed by atoms with Gasteiger partial charge in [-0.05, 0) is 18.3 Å². The summed E-state index contributed by atoms with van der Waals surface area (Å²) < 4.78 is 0. The number of hydrogen-bond donors (Lipinski definition) is 1. The highest BCUT2D eigenvalue weighted by Crippen LogP contribution is 2.48. The maximum absolute atomic E-state index is 5.88. The van der Waals surface area contributed by atoms with Crippen molar-refractivity contribution >= 4 is 5.96 Å². The van der Waals surface area contributed by atoms with Crippen LogP contribution in [0, 0.1) is 5.41 Å². The molecule has 2 aliphatic rings. The Bertz CT molecular complexity index is 270. The zero-order valence-corrected chi connectivity index (χ0v) is 9.51. The molecule has 0 saturated heterocycles. The van der Waals surface area contributed by atoms with Crippen LogP contribution in [0.1, 0.15) is 39.5 Å². The van der Waals surface area contributed by atoms with Crippen LogP contribution in [-0.4, -0.2) is 30.0 Å². The first kappa shape index (κ1) is 9.81. The molecule has 2 N–H and O–H groups in total. The van der Waals surface area contributed by atoms with Crippen LogP contribution in [0.25, 0.3) is 0 Å². The normalized spacial score (nSPS) is 36.2. The second-order valence-corrected chi connectivity index (χ2v) is 5.36. The minimum Gasteiger partial charge on any atom is -0.370 e. The van der Waals surface area contributed by atoms with Crippen molar-refractivity contribution in [3.63, 3.8) is 0 Å². The Morgan fingerprint density at radius 2 is 1.93 bits per heavy atom. The Hall–Kier alpha value is -0.730. The van der Waals surface area contributed by atoms with Crippen molar-refractivity contribution in [3.8, 4) is 0 Å². The fourth-order valence-electron chi connectivity index (χ4n) is 3.11. The lowest BCUT2D eigenvalue weighted by molar-refractivity contribution is 0.0222. The van der Waals surface area contributed by atoms with E-state index in [1.807, 2.05) is 0 Å². The van der Waals surface area contributed by atoms with Crippen molar-refractivity contribution in [1.82, 2.24) is 4.90 Å². The second kappa shape index (κ2) is 2.88. The minimum atomic E-state index is 0.204. The SMILES string of the molecule is CN1C(N)=NCC12CCCCC2(C)C. The average Bonchev–Trinajstić information content (AvgIpc) is 2.40. The number of likely N-dealkylation sites (N-methyl/N-ethyl adjacent to an activating group) is 1. The van der Waals surface area contributed by atoms with E-state index in [4.69, 9.17) is 5.73 Å². The molecule has 3 heteroatoms. The molecule has 1 fully saturated rings. The van der Waals surface area contributed by atoms with Crippen LogP contribution in [0.2, 0.25) is 0 Å². The molecule has 1 heterocycles. The quantitative estimate of drug-likeness (QED) is 0.637. The fourth-order valence-corrected chi connectivity index (χ4v) is 3.11. The maximum Gasteiger partial charge on any atom is 0.191 e. The molecule has 0 amide bonds. The molecule has 1 saturated carbocycles. The van der Waals surface area contributed by atoms with E-state index in [2.05, 4.69) is 30.8 Å². The van der Waals surface area contributed by atoms with E-state index in [9.17, 15) is 0 Å². The van der Waals surface area contributed by atoms with Gasteiger partial charge < -0.3 is 10.6 Å². The summed E-state index contributed by atoms with van der Waals surface area (Å²) in [5.41, 5.74) is 6.42. The third-order valence-corrected chi connectivity index (χ3v) is 4.39. The van der Waals surface area contributed by atoms with Gasteiger partial charge in [-0.15, -0.1) is 0 Å². The molecule has 2 rings (SSSR count). The Morgan fingerprint density at radius 3 is 2.43 bits per heavy atom. The topological polar surface area (TPSA) is 41.6 Å². The van der Waals surface area contributed by atoms with Crippen LogP contribution >= 0.6 is 0 Å². The molecule has 1 spiro atoms. The van der Waals surface area contributed by atoms with Crippen LogP contribution in [-0.2, 0) is 0 Å². The van der Waals surface area contributed by atoms with E-state index in [1.165, 1.54) is 25.7 Å². The van der Waals surface area contributed by atoms with E-state index in [1.54, 1.807) is 0 Å². The highest BCUT2D eigenvalue weighted by Gasteiger charge is 2.52. The summed E-state index contributed by atoms with van der Waals surface area (Å²) in [6, 6.07) is 0. The zero-order chi connectivity index (χ0) is 10.4. The first-order valence-corrected chi connectivity index (χ1v) is 5.53. The summed E-state index contributed by atoms with van der Waals surface area (Å²) in [6.07, 6.45) is 5.19. The Labute approximate surface area is 86.4 Å². The summed E-state index contributed by atoms with van der Waals surface area (Å²) in [7, 11) is 2.10. The molecular formula is C11H21N3. The van der Waals surface area contributed by atoms with E-state index in [-0.39, 0.29) is 5.54 Å². The van der Waals surface area contributed by atoms with E-state index < -0.39 is 0 Å². The monoisotopic (exact) mass is 195 g/mol. The molecule has 0 aromatic heterocycles. The number of nitrogens with zero attached hydrogens (tertiary/aromatic N) is 2. The van der Waals surface area contributed by atoms with Gasteiger partial charge in [0.05, 0.1) is 12.1 Å². The lowest BCUT2D eigenvalue weighted by atomic mass is 9.63. The van der Waals surface area contributed by atoms with Gasteiger partial charge in [0.1, 0.15) is 0 Å². The highest BCUT2D eigenvalue weighted by molar-refractivity contribution is 5.80. The summed E-state index contributed by atoms with van der Waals surface area (Å²) >= 11 is 0. The summed E-state index contributed by atoms with van der Waals surface area (Å²) in [5.74, 6) is 0.722. The fraction of sp³-hybridized carbons (Fsp3) is 0.909. The Morgan fingerprint density at radius 1 is 1.29 bits per heavy atom. The molecule has 0 aromatic carbocycles. The third kappa shape index (κ3) is 1.07. The molecule has 0 bridgehead atoms. The average molecular weight is 195 g/mol. The molecule has 80 valence electrons. The molecule has 1 unspecified atom stereocenters. The molecule has 0 radical (unpaired) electrons. The van der Waals surface area contributed by atoms with Crippen molar-refractivity contribution in [2.24, 2.45) is 16.1 Å². The van der Waals surface area contributed by atoms with Gasteiger partial charge in [-0.2, -0.15) is 0 Å². The number of hydrogen-bond acceptors (Lipinski definition) is 3. The van der Waals surface area contributed by atoms with Crippen LogP contribution in [0.3, 0.4) is 0 Å². The van der Waals surface area contributed by atoms with Crippen molar-refractivity contribution in [1.29, 1.82) is 0 Å². The Kier molecular flexibility index (Phi) is 2.02. The van der Waals surface area contributed by atoms with Crippen LogP contribution in [0.15, 0.2) is 4.99 Å². The summed E-state index contributed by atoms with van der Waals surface area (Å²) in [5, 5.41) is 0. The van der Waals surface area contributed by atoms with Crippen molar-refractivity contribution in [2.45, 2.75) is 45.1 Å². The number of rotatable bonds is 0. The van der Waals surface area contributed by atoms with E-state index in [0.29, 0.717) is 5.41 Å². The summed E-state index contributed by atoms with van der Waals surface area (Å²) in [6.45, 7) is 5.61. The van der Waals surface area contributed by atoms with Gasteiger partial charge in [0, 0.05) is 7.05 Å². The maximum atomic E-state index is 5.88. The van der Waals surface area contributed by atoms with Crippen LogP contribution < -0.4 is 5.73 Å². The molecule has 3 nitrogen and oxygen atoms in total. The molecule has 1 aliphatic carbocycles. The number of nitrogens with two attached hydrogens (primary N) is 1. The lowest BCUT2D eigenvalue weighted by Crippen LogP contribution is -2.59. The number of aliphatic imine (C=N–C) groups is 1. The second-order valence-electron chi connectivity index (χ2n) is 5.36. The number of guanidine groups is 1. The lowest BCUT2D eigenvalue weighted by Gasteiger charge is -2.52. The van der Waals surface area contributed by atoms with Crippen molar-refractivity contribution in [2.75, 3.05) is 13.6 Å². The molecule has 14 heavy (non-hydrogen) atoms. The van der Waals surface area contributed by atoms with Crippen molar-refractivity contribution in [3.05, 3.63) is 0 Å². The predicted molar refractivity (Wildman–Crippen MR) is 59.2 cm³/mol. The smallest absolute Gasteiger partial charge is 0.191 e. The van der Waals surface area contributed by atoms with Gasteiger partial charge in [0.15, 0.2) is 5.96 Å². The van der Waals surface area contributed by atoms with Gasteiger partial charge in [-0.25, -0.2) is 0 Å². The van der Waals surface area contributed by atoms with Crippen LogP contribution in [0.4, 0.5) is 0 Å². The van der Waals surface area contributed by atoms with Gasteiger partial charge in [-0.1, -0.05) is 26.7 Å². The predicted octanol–water partition coefficient (Wildman–Crippen LogP) is 1.59. The van der Waals surface area contributed by atoms with Gasteiger partial charge in [0.25, 0.3) is 0 Å². The van der Waals surface area contributed by atoms with Crippen molar-refractivity contribution < 1.29 is 0 Å². The minimum absolute atomic E-state index is 0.204. The molecule has 1 atom stereocenters. The third-order valence-electron chi connectivity index (χ3n) is 4.39. The van der Waals surface area contributed by atoms with Gasteiger partial charge >= 0.3 is 0 Å². The van der Waals surface area contributed by atoms with Crippen LogP contribution in [0.5, 0.6) is 0 Å². The molecule has 1 aliphatic heterocycles.